The summed E-state index contributed by atoms with van der Waals surface area (Å²) >= 11 is 6.73. The summed E-state index contributed by atoms with van der Waals surface area (Å²) in [5.74, 6) is 0.207. The molecule has 0 atom stereocenters. The number of nitrogens with zero attached hydrogens (tertiary/aromatic N) is 1. The van der Waals surface area contributed by atoms with Crippen molar-refractivity contribution in [2.24, 2.45) is 11.1 Å². The Morgan fingerprint density at radius 1 is 1.56 bits per heavy atom. The fourth-order valence-corrected chi connectivity index (χ4v) is 3.05. The van der Waals surface area contributed by atoms with Crippen LogP contribution in [0.3, 0.4) is 0 Å². The smallest absolute Gasteiger partial charge is 0.227 e. The van der Waals surface area contributed by atoms with Gasteiger partial charge in [0.1, 0.15) is 0 Å². The van der Waals surface area contributed by atoms with Gasteiger partial charge < -0.3 is 10.6 Å². The normalized spacial score (nSPS) is 18.6. The number of hydrogen-bond donors (Lipinski definition) is 1. The van der Waals surface area contributed by atoms with Crippen molar-refractivity contribution in [2.45, 2.75) is 26.2 Å². The van der Waals surface area contributed by atoms with Crippen LogP contribution in [0.5, 0.6) is 0 Å². The summed E-state index contributed by atoms with van der Waals surface area (Å²) in [6.07, 6.45) is 2.25. The van der Waals surface area contributed by atoms with Gasteiger partial charge in [-0.15, -0.1) is 0 Å². The number of likely N-dealkylation sites (tertiary alicyclic amines) is 1. The summed E-state index contributed by atoms with van der Waals surface area (Å²) in [7, 11) is 0. The molecule has 3 nitrogen and oxygen atoms in total. The molecule has 1 aromatic rings. The third kappa shape index (κ3) is 2.90. The largest absolute Gasteiger partial charge is 0.393 e. The maximum atomic E-state index is 12.1. The molecule has 1 aliphatic heterocycles. The molecule has 5 heteroatoms. The molecule has 2 heterocycles. The van der Waals surface area contributed by atoms with E-state index < -0.39 is 0 Å². The Bertz CT molecular complexity index is 434. The van der Waals surface area contributed by atoms with E-state index in [0.29, 0.717) is 11.4 Å². The number of hydrogen-bond acceptors (Lipinski definition) is 3. The zero-order valence-electron chi connectivity index (χ0n) is 10.5. The molecule has 0 bridgehead atoms. The van der Waals surface area contributed by atoms with Gasteiger partial charge in [-0.2, -0.15) is 11.3 Å². The summed E-state index contributed by atoms with van der Waals surface area (Å²) in [6, 6.07) is 2.01. The first-order valence-corrected chi connectivity index (χ1v) is 7.45. The van der Waals surface area contributed by atoms with Crippen LogP contribution in [0.2, 0.25) is 0 Å². The van der Waals surface area contributed by atoms with Crippen molar-refractivity contribution in [3.63, 3.8) is 0 Å². The van der Waals surface area contributed by atoms with Gasteiger partial charge in [0.05, 0.1) is 11.4 Å². The minimum atomic E-state index is -0.0749. The van der Waals surface area contributed by atoms with E-state index >= 15 is 0 Å². The van der Waals surface area contributed by atoms with E-state index in [4.69, 9.17) is 18.0 Å². The average Bonchev–Trinajstić information content (AvgIpc) is 2.82. The topological polar surface area (TPSA) is 46.3 Å². The van der Waals surface area contributed by atoms with Crippen LogP contribution in [-0.4, -0.2) is 28.9 Å². The maximum Gasteiger partial charge on any atom is 0.227 e. The predicted octanol–water partition coefficient (Wildman–Crippen LogP) is 2.21. The summed E-state index contributed by atoms with van der Waals surface area (Å²) in [6.45, 7) is 3.61. The van der Waals surface area contributed by atoms with Gasteiger partial charge in [-0.25, -0.2) is 0 Å². The summed E-state index contributed by atoms with van der Waals surface area (Å²) in [5, 5.41) is 4.03. The minimum Gasteiger partial charge on any atom is -0.393 e. The highest BCUT2D eigenvalue weighted by molar-refractivity contribution is 7.80. The summed E-state index contributed by atoms with van der Waals surface area (Å²) in [4.78, 5) is 14.6. The Hall–Kier alpha value is -0.940. The van der Waals surface area contributed by atoms with E-state index in [1.165, 1.54) is 0 Å². The van der Waals surface area contributed by atoms with E-state index in [1.807, 2.05) is 21.7 Å². The molecule has 0 unspecified atom stereocenters. The van der Waals surface area contributed by atoms with Gasteiger partial charge in [0.25, 0.3) is 0 Å². The number of rotatable bonds is 3. The van der Waals surface area contributed by atoms with Gasteiger partial charge in [0.15, 0.2) is 0 Å². The van der Waals surface area contributed by atoms with Crippen molar-refractivity contribution in [3.8, 4) is 0 Å². The van der Waals surface area contributed by atoms with E-state index in [-0.39, 0.29) is 11.3 Å². The van der Waals surface area contributed by atoms with Crippen LogP contribution in [0.15, 0.2) is 16.8 Å². The molecule has 0 spiro atoms. The van der Waals surface area contributed by atoms with Crippen LogP contribution in [0, 0.1) is 5.41 Å². The summed E-state index contributed by atoms with van der Waals surface area (Å²) in [5.41, 5.74) is 6.79. The van der Waals surface area contributed by atoms with Gasteiger partial charge in [0.2, 0.25) is 5.91 Å². The molecule has 2 rings (SSSR count). The van der Waals surface area contributed by atoms with Gasteiger partial charge in [-0.1, -0.05) is 19.1 Å². The second-order valence-electron chi connectivity index (χ2n) is 5.11. The molecule has 98 valence electrons. The van der Waals surface area contributed by atoms with Crippen molar-refractivity contribution >= 4 is 34.5 Å². The lowest BCUT2D eigenvalue weighted by Crippen LogP contribution is -2.47. The Morgan fingerprint density at radius 2 is 2.22 bits per heavy atom. The first-order valence-electron chi connectivity index (χ1n) is 6.10. The fourth-order valence-electron chi connectivity index (χ4n) is 2.18. The molecule has 1 saturated heterocycles. The monoisotopic (exact) mass is 282 g/mol. The fraction of sp³-hybridized carbons (Fsp3) is 0.538. The maximum absolute atomic E-state index is 12.1. The second-order valence-corrected chi connectivity index (χ2v) is 6.33. The van der Waals surface area contributed by atoms with Crippen LogP contribution in [0.25, 0.3) is 0 Å². The molecule has 1 aromatic heterocycles. The van der Waals surface area contributed by atoms with E-state index in [0.717, 1.165) is 31.5 Å². The zero-order chi connectivity index (χ0) is 13.2. The first kappa shape index (κ1) is 13.5. The Labute approximate surface area is 117 Å². The lowest BCUT2D eigenvalue weighted by Gasteiger charge is -2.38. The van der Waals surface area contributed by atoms with Crippen molar-refractivity contribution in [2.75, 3.05) is 13.1 Å². The van der Waals surface area contributed by atoms with Gasteiger partial charge >= 0.3 is 0 Å². The number of thiophene rings is 1. The van der Waals surface area contributed by atoms with Crippen LogP contribution < -0.4 is 5.73 Å². The van der Waals surface area contributed by atoms with E-state index in [2.05, 4.69) is 6.92 Å². The van der Waals surface area contributed by atoms with Crippen molar-refractivity contribution in [1.82, 2.24) is 4.90 Å². The van der Waals surface area contributed by atoms with Crippen LogP contribution in [-0.2, 0) is 11.2 Å². The quantitative estimate of drug-likeness (QED) is 0.865. The molecular formula is C13H18N2OS2. The Balaban J connectivity index is 1.90. The van der Waals surface area contributed by atoms with E-state index in [1.54, 1.807) is 11.3 Å². The molecule has 0 aliphatic carbocycles. The predicted molar refractivity (Wildman–Crippen MR) is 78.7 cm³/mol. The molecular weight excluding hydrogens is 264 g/mol. The lowest BCUT2D eigenvalue weighted by atomic mass is 9.80. The molecule has 2 N–H and O–H groups in total. The third-order valence-corrected chi connectivity index (χ3v) is 4.97. The average molecular weight is 282 g/mol. The van der Waals surface area contributed by atoms with Gasteiger partial charge in [-0.3, -0.25) is 4.79 Å². The second kappa shape index (κ2) is 5.36. The van der Waals surface area contributed by atoms with Crippen molar-refractivity contribution < 1.29 is 4.79 Å². The van der Waals surface area contributed by atoms with E-state index in [9.17, 15) is 4.79 Å². The van der Waals surface area contributed by atoms with Gasteiger partial charge in [-0.05, 0) is 35.2 Å². The molecule has 0 saturated carbocycles. The van der Waals surface area contributed by atoms with Crippen LogP contribution >= 0.6 is 23.6 Å². The molecule has 1 aliphatic rings. The molecule has 0 radical (unpaired) electrons. The number of nitrogens with two attached hydrogens (primary N) is 1. The third-order valence-electron chi connectivity index (χ3n) is 3.75. The van der Waals surface area contributed by atoms with Crippen LogP contribution in [0.1, 0.15) is 25.3 Å². The Morgan fingerprint density at radius 3 is 2.72 bits per heavy atom. The molecule has 1 amide bonds. The number of amides is 1. The highest BCUT2D eigenvalue weighted by atomic mass is 32.1. The van der Waals surface area contributed by atoms with Crippen molar-refractivity contribution in [3.05, 3.63) is 22.4 Å². The number of piperidine rings is 1. The van der Waals surface area contributed by atoms with Crippen molar-refractivity contribution in [1.29, 1.82) is 0 Å². The highest BCUT2D eigenvalue weighted by Gasteiger charge is 2.33. The Kier molecular flexibility index (Phi) is 4.02. The molecule has 1 fully saturated rings. The summed E-state index contributed by atoms with van der Waals surface area (Å²) < 4.78 is 0. The van der Waals surface area contributed by atoms with Crippen LogP contribution in [0.4, 0.5) is 0 Å². The standard InChI is InChI=1S/C13H18N2OS2/c1-13(12(14)17)3-5-15(6-4-13)11(16)8-10-2-7-18-9-10/h2,7,9H,3-6,8H2,1H3,(H2,14,17). The number of thiocarbonyl (C=S) groups is 1. The lowest BCUT2D eigenvalue weighted by molar-refractivity contribution is -0.132. The number of carbonyl (C=O) groups excluding carboxylic acids is 1. The zero-order valence-corrected chi connectivity index (χ0v) is 12.1. The highest BCUT2D eigenvalue weighted by Crippen LogP contribution is 2.31. The SMILES string of the molecule is CC1(C(N)=S)CCN(C(=O)Cc2ccsc2)CC1. The molecule has 18 heavy (non-hydrogen) atoms. The van der Waals surface area contributed by atoms with Gasteiger partial charge in [0, 0.05) is 18.5 Å². The first-order chi connectivity index (χ1) is 8.51. The molecule has 0 aromatic carbocycles. The number of carbonyl (C=O) groups is 1. The minimum absolute atomic E-state index is 0.0749.